The van der Waals surface area contributed by atoms with Gasteiger partial charge in [-0.1, -0.05) is 52.0 Å². The van der Waals surface area contributed by atoms with E-state index < -0.39 is 0 Å². The van der Waals surface area contributed by atoms with Gasteiger partial charge in [-0.15, -0.1) is 11.3 Å². The monoisotopic (exact) mass is 274 g/mol. The zero-order chi connectivity index (χ0) is 13.9. The minimum Gasteiger partial charge on any atom is -0.312 e. The van der Waals surface area contributed by atoms with Crippen LogP contribution in [0.3, 0.4) is 0 Å². The molecule has 3 heteroatoms. The maximum Gasteiger partial charge on any atom is 0.123 e. The van der Waals surface area contributed by atoms with Gasteiger partial charge < -0.3 is 5.32 Å². The third kappa shape index (κ3) is 3.64. The average Bonchev–Trinajstić information content (AvgIpc) is 2.84. The molecule has 0 unspecified atom stereocenters. The van der Waals surface area contributed by atoms with Crippen LogP contribution in [0.5, 0.6) is 0 Å². The Morgan fingerprint density at radius 2 is 1.84 bits per heavy atom. The van der Waals surface area contributed by atoms with Crippen molar-refractivity contribution in [2.75, 3.05) is 6.54 Å². The van der Waals surface area contributed by atoms with E-state index in [1.165, 1.54) is 16.0 Å². The first-order valence-electron chi connectivity index (χ1n) is 6.77. The normalized spacial score (nSPS) is 11.8. The quantitative estimate of drug-likeness (QED) is 0.903. The van der Waals surface area contributed by atoms with Gasteiger partial charge in [-0.05, 0) is 17.5 Å². The van der Waals surface area contributed by atoms with Crippen molar-refractivity contribution in [3.63, 3.8) is 0 Å². The lowest BCUT2D eigenvalue weighted by atomic mass is 9.87. The summed E-state index contributed by atoms with van der Waals surface area (Å²) in [7, 11) is 0. The summed E-state index contributed by atoms with van der Waals surface area (Å²) in [6, 6.07) is 8.77. The highest BCUT2D eigenvalue weighted by molar-refractivity contribution is 7.15. The van der Waals surface area contributed by atoms with Crippen molar-refractivity contribution in [2.24, 2.45) is 0 Å². The molecule has 0 bridgehead atoms. The smallest absolute Gasteiger partial charge is 0.123 e. The summed E-state index contributed by atoms with van der Waals surface area (Å²) in [5.74, 6) is 0. The molecule has 0 amide bonds. The third-order valence-corrected chi connectivity index (χ3v) is 4.15. The van der Waals surface area contributed by atoms with Crippen LogP contribution in [0.2, 0.25) is 0 Å². The fraction of sp³-hybridized carbons (Fsp3) is 0.438. The molecule has 0 fully saturated rings. The Balaban J connectivity index is 2.16. The Bertz CT molecular complexity index is 520. The summed E-state index contributed by atoms with van der Waals surface area (Å²) in [5, 5.41) is 4.43. The van der Waals surface area contributed by atoms with Crippen LogP contribution >= 0.6 is 11.3 Å². The SMILES string of the molecule is CCNCc1cnc(-c2ccc(C(C)(C)C)cc2)s1. The summed E-state index contributed by atoms with van der Waals surface area (Å²) in [6.45, 7) is 10.7. The standard InChI is InChI=1S/C16H22N2S/c1-5-17-10-14-11-18-15(19-14)12-6-8-13(9-7-12)16(2,3)4/h6-9,11,17H,5,10H2,1-4H3. The maximum atomic E-state index is 4.51. The summed E-state index contributed by atoms with van der Waals surface area (Å²) in [5.41, 5.74) is 2.78. The first-order valence-corrected chi connectivity index (χ1v) is 7.58. The summed E-state index contributed by atoms with van der Waals surface area (Å²) in [6.07, 6.45) is 1.97. The molecule has 102 valence electrons. The fourth-order valence-electron chi connectivity index (χ4n) is 1.88. The Kier molecular flexibility index (Phi) is 4.38. The van der Waals surface area contributed by atoms with Gasteiger partial charge in [0.25, 0.3) is 0 Å². The number of thiazole rings is 1. The van der Waals surface area contributed by atoms with Gasteiger partial charge in [0.15, 0.2) is 0 Å². The second-order valence-electron chi connectivity index (χ2n) is 5.74. The van der Waals surface area contributed by atoms with E-state index in [2.05, 4.69) is 62.3 Å². The van der Waals surface area contributed by atoms with Crippen LogP contribution in [0.25, 0.3) is 10.6 Å². The largest absolute Gasteiger partial charge is 0.312 e. The zero-order valence-corrected chi connectivity index (χ0v) is 13.0. The van der Waals surface area contributed by atoms with E-state index >= 15 is 0 Å². The lowest BCUT2D eigenvalue weighted by Gasteiger charge is -2.18. The Hall–Kier alpha value is -1.19. The van der Waals surface area contributed by atoms with Crippen LogP contribution in [0.1, 0.15) is 38.1 Å². The van der Waals surface area contributed by atoms with E-state index in [0.717, 1.165) is 18.1 Å². The number of hydrogen-bond acceptors (Lipinski definition) is 3. The van der Waals surface area contributed by atoms with Crippen LogP contribution in [0.4, 0.5) is 0 Å². The lowest BCUT2D eigenvalue weighted by Crippen LogP contribution is -2.10. The molecule has 2 aromatic rings. The van der Waals surface area contributed by atoms with Crippen LogP contribution in [-0.4, -0.2) is 11.5 Å². The molecule has 0 radical (unpaired) electrons. The molecule has 0 saturated heterocycles. The number of nitrogens with zero attached hydrogens (tertiary/aromatic N) is 1. The van der Waals surface area contributed by atoms with Crippen LogP contribution in [0, 0.1) is 0 Å². The van der Waals surface area contributed by atoms with Gasteiger partial charge in [0, 0.05) is 23.2 Å². The van der Waals surface area contributed by atoms with E-state index in [4.69, 9.17) is 0 Å². The lowest BCUT2D eigenvalue weighted by molar-refractivity contribution is 0.590. The molecule has 0 atom stereocenters. The summed E-state index contributed by atoms with van der Waals surface area (Å²) < 4.78 is 0. The van der Waals surface area contributed by atoms with Gasteiger partial charge in [-0.2, -0.15) is 0 Å². The first kappa shape index (κ1) is 14.2. The topological polar surface area (TPSA) is 24.9 Å². The van der Waals surface area contributed by atoms with Gasteiger partial charge in [-0.25, -0.2) is 4.98 Å². The summed E-state index contributed by atoms with van der Waals surface area (Å²) >= 11 is 1.77. The Morgan fingerprint density at radius 3 is 2.42 bits per heavy atom. The number of rotatable bonds is 4. The molecule has 1 aromatic heterocycles. The van der Waals surface area contributed by atoms with Crippen molar-refractivity contribution < 1.29 is 0 Å². The number of aromatic nitrogens is 1. The summed E-state index contributed by atoms with van der Waals surface area (Å²) in [4.78, 5) is 5.80. The molecule has 0 spiro atoms. The molecule has 1 heterocycles. The van der Waals surface area contributed by atoms with Gasteiger partial charge in [0.1, 0.15) is 5.01 Å². The minimum atomic E-state index is 0.206. The van der Waals surface area contributed by atoms with Crippen LogP contribution in [-0.2, 0) is 12.0 Å². The van der Waals surface area contributed by atoms with Crippen molar-refractivity contribution in [3.05, 3.63) is 40.9 Å². The first-order chi connectivity index (χ1) is 9.00. The van der Waals surface area contributed by atoms with E-state index in [9.17, 15) is 0 Å². The fourth-order valence-corrected chi connectivity index (χ4v) is 2.77. The molecular formula is C16H22N2S. The highest BCUT2D eigenvalue weighted by atomic mass is 32.1. The minimum absolute atomic E-state index is 0.206. The van der Waals surface area contributed by atoms with Crippen molar-refractivity contribution >= 4 is 11.3 Å². The zero-order valence-electron chi connectivity index (χ0n) is 12.2. The second kappa shape index (κ2) is 5.85. The van der Waals surface area contributed by atoms with Gasteiger partial charge in [-0.3, -0.25) is 0 Å². The van der Waals surface area contributed by atoms with Crippen molar-refractivity contribution in [2.45, 2.75) is 39.7 Å². The third-order valence-electron chi connectivity index (χ3n) is 3.10. The highest BCUT2D eigenvalue weighted by Gasteiger charge is 2.13. The Morgan fingerprint density at radius 1 is 1.16 bits per heavy atom. The second-order valence-corrected chi connectivity index (χ2v) is 6.85. The van der Waals surface area contributed by atoms with E-state index in [-0.39, 0.29) is 5.41 Å². The van der Waals surface area contributed by atoms with Gasteiger partial charge in [0.2, 0.25) is 0 Å². The molecule has 2 nitrogen and oxygen atoms in total. The molecule has 1 N–H and O–H groups in total. The molecule has 0 aliphatic carbocycles. The number of hydrogen-bond donors (Lipinski definition) is 1. The van der Waals surface area contributed by atoms with E-state index in [0.29, 0.717) is 0 Å². The number of benzene rings is 1. The molecule has 2 rings (SSSR count). The maximum absolute atomic E-state index is 4.51. The molecule has 0 saturated carbocycles. The van der Waals surface area contributed by atoms with Gasteiger partial charge in [0.05, 0.1) is 0 Å². The number of nitrogens with one attached hydrogen (secondary N) is 1. The molecule has 1 aromatic carbocycles. The Labute approximate surface area is 119 Å². The van der Waals surface area contributed by atoms with Crippen LogP contribution < -0.4 is 5.32 Å². The van der Waals surface area contributed by atoms with Crippen molar-refractivity contribution in [3.8, 4) is 10.6 Å². The van der Waals surface area contributed by atoms with E-state index in [1.54, 1.807) is 11.3 Å². The van der Waals surface area contributed by atoms with Crippen molar-refractivity contribution in [1.82, 2.24) is 10.3 Å². The van der Waals surface area contributed by atoms with Gasteiger partial charge >= 0.3 is 0 Å². The molecule has 0 aliphatic heterocycles. The van der Waals surface area contributed by atoms with Crippen molar-refractivity contribution in [1.29, 1.82) is 0 Å². The average molecular weight is 274 g/mol. The highest BCUT2D eigenvalue weighted by Crippen LogP contribution is 2.28. The predicted octanol–water partition coefficient (Wildman–Crippen LogP) is 4.22. The van der Waals surface area contributed by atoms with Crippen LogP contribution in [0.15, 0.2) is 30.5 Å². The molecular weight excluding hydrogens is 252 g/mol. The van der Waals surface area contributed by atoms with E-state index in [1.807, 2.05) is 6.20 Å². The predicted molar refractivity (Wildman–Crippen MR) is 83.6 cm³/mol. The molecule has 0 aliphatic rings. The molecule has 19 heavy (non-hydrogen) atoms.